The largest absolute Gasteiger partial charge is 0.478 e. The molecule has 2 rings (SSSR count). The fourth-order valence-electron chi connectivity index (χ4n) is 1.63. The number of carbonyl (C=O) groups excluding carboxylic acids is 1. The summed E-state index contributed by atoms with van der Waals surface area (Å²) in [7, 11) is 0. The molecule has 108 valence electrons. The van der Waals surface area contributed by atoms with E-state index in [2.05, 4.69) is 10.3 Å². The number of aromatic nitrogens is 2. The van der Waals surface area contributed by atoms with E-state index >= 15 is 0 Å². The van der Waals surface area contributed by atoms with Crippen LogP contribution < -0.4 is 16.6 Å². The highest BCUT2D eigenvalue weighted by Crippen LogP contribution is 2.04. The standard InChI is InChI=1S/C13H11N3O5/c17-10-5-9(15-13(21)16-10)11(18)14-6-7-1-3-8(4-2-7)12(19)20/h1-5H,6H2,(H,14,18)(H,19,20)(H2,15,16,17,21). The lowest BCUT2D eigenvalue weighted by atomic mass is 10.1. The van der Waals surface area contributed by atoms with Gasteiger partial charge in [-0.3, -0.25) is 14.6 Å². The number of nitrogens with one attached hydrogen (secondary N) is 3. The maximum absolute atomic E-state index is 11.8. The molecule has 0 unspecified atom stereocenters. The van der Waals surface area contributed by atoms with E-state index in [1.54, 1.807) is 12.1 Å². The van der Waals surface area contributed by atoms with Crippen molar-refractivity contribution in [2.45, 2.75) is 6.54 Å². The third-order valence-electron chi connectivity index (χ3n) is 2.66. The molecule has 1 amide bonds. The molecule has 8 nitrogen and oxygen atoms in total. The summed E-state index contributed by atoms with van der Waals surface area (Å²) in [5.41, 5.74) is -0.761. The average molecular weight is 289 g/mol. The molecular formula is C13H11N3O5. The number of aromatic amines is 2. The van der Waals surface area contributed by atoms with Gasteiger partial charge in [0.15, 0.2) is 0 Å². The number of H-pyrrole nitrogens is 2. The average Bonchev–Trinajstić information content (AvgIpc) is 2.44. The van der Waals surface area contributed by atoms with Crippen molar-refractivity contribution in [2.24, 2.45) is 0 Å². The van der Waals surface area contributed by atoms with Crippen LogP contribution >= 0.6 is 0 Å². The van der Waals surface area contributed by atoms with E-state index in [1.807, 2.05) is 4.98 Å². The third kappa shape index (κ3) is 3.66. The fourth-order valence-corrected chi connectivity index (χ4v) is 1.63. The Labute approximate surface area is 117 Å². The van der Waals surface area contributed by atoms with Gasteiger partial charge in [0.25, 0.3) is 11.5 Å². The lowest BCUT2D eigenvalue weighted by Gasteiger charge is -2.05. The smallest absolute Gasteiger partial charge is 0.335 e. The molecule has 2 aromatic rings. The lowest BCUT2D eigenvalue weighted by molar-refractivity contribution is 0.0696. The summed E-state index contributed by atoms with van der Waals surface area (Å²) in [6.07, 6.45) is 0. The van der Waals surface area contributed by atoms with Crippen LogP contribution in [0.4, 0.5) is 0 Å². The Balaban J connectivity index is 2.05. The zero-order chi connectivity index (χ0) is 15.4. The molecule has 0 aliphatic rings. The second kappa shape index (κ2) is 5.87. The molecule has 1 aromatic carbocycles. The van der Waals surface area contributed by atoms with Crippen LogP contribution in [0.1, 0.15) is 26.4 Å². The van der Waals surface area contributed by atoms with E-state index in [-0.39, 0.29) is 17.8 Å². The number of carbonyl (C=O) groups is 2. The van der Waals surface area contributed by atoms with Gasteiger partial charge >= 0.3 is 11.7 Å². The summed E-state index contributed by atoms with van der Waals surface area (Å²) in [6, 6.07) is 6.93. The quantitative estimate of drug-likeness (QED) is 0.613. The van der Waals surface area contributed by atoms with Crippen molar-refractivity contribution >= 4 is 11.9 Å². The second-order valence-electron chi connectivity index (χ2n) is 4.19. The highest BCUT2D eigenvalue weighted by Gasteiger charge is 2.08. The maximum Gasteiger partial charge on any atom is 0.335 e. The first-order chi connectivity index (χ1) is 9.95. The van der Waals surface area contributed by atoms with Gasteiger partial charge in [-0.1, -0.05) is 12.1 Å². The van der Waals surface area contributed by atoms with Crippen LogP contribution in [0.2, 0.25) is 0 Å². The van der Waals surface area contributed by atoms with E-state index in [4.69, 9.17) is 5.11 Å². The molecule has 8 heteroatoms. The predicted molar refractivity (Wildman–Crippen MR) is 72.3 cm³/mol. The minimum atomic E-state index is -1.04. The minimum absolute atomic E-state index is 0.133. The molecule has 1 aromatic heterocycles. The molecule has 0 radical (unpaired) electrons. The van der Waals surface area contributed by atoms with Crippen molar-refractivity contribution in [1.29, 1.82) is 0 Å². The van der Waals surface area contributed by atoms with Gasteiger partial charge in [-0.25, -0.2) is 9.59 Å². The van der Waals surface area contributed by atoms with Crippen molar-refractivity contribution in [2.75, 3.05) is 0 Å². The topological polar surface area (TPSA) is 132 Å². The molecule has 4 N–H and O–H groups in total. The van der Waals surface area contributed by atoms with Gasteiger partial charge < -0.3 is 15.4 Å². The van der Waals surface area contributed by atoms with Gasteiger partial charge in [0, 0.05) is 12.6 Å². The summed E-state index contributed by atoms with van der Waals surface area (Å²) in [5, 5.41) is 11.3. The zero-order valence-electron chi connectivity index (χ0n) is 10.7. The van der Waals surface area contributed by atoms with Gasteiger partial charge in [0.05, 0.1) is 5.56 Å². The number of carboxylic acid groups (broad SMARTS) is 1. The zero-order valence-corrected chi connectivity index (χ0v) is 10.7. The number of rotatable bonds is 4. The van der Waals surface area contributed by atoms with Crippen molar-refractivity contribution in [3.63, 3.8) is 0 Å². The van der Waals surface area contributed by atoms with Crippen LogP contribution in [-0.2, 0) is 6.54 Å². The van der Waals surface area contributed by atoms with Crippen molar-refractivity contribution < 1.29 is 14.7 Å². The summed E-state index contributed by atoms with van der Waals surface area (Å²) in [4.78, 5) is 48.7. The summed E-state index contributed by atoms with van der Waals surface area (Å²) < 4.78 is 0. The minimum Gasteiger partial charge on any atom is -0.478 e. The maximum atomic E-state index is 11.8. The highest BCUT2D eigenvalue weighted by molar-refractivity contribution is 5.92. The first-order valence-corrected chi connectivity index (χ1v) is 5.90. The Hall–Kier alpha value is -3.16. The highest BCUT2D eigenvalue weighted by atomic mass is 16.4. The number of aromatic carboxylic acids is 1. The number of benzene rings is 1. The Morgan fingerprint density at radius 1 is 1.10 bits per heavy atom. The molecule has 0 bridgehead atoms. The van der Waals surface area contributed by atoms with E-state index in [0.717, 1.165) is 6.07 Å². The van der Waals surface area contributed by atoms with Gasteiger partial charge in [0.2, 0.25) is 0 Å². The van der Waals surface area contributed by atoms with Gasteiger partial charge in [0.1, 0.15) is 5.69 Å². The number of amides is 1. The summed E-state index contributed by atoms with van der Waals surface area (Å²) in [5.74, 6) is -1.65. The van der Waals surface area contributed by atoms with E-state index < -0.39 is 23.1 Å². The van der Waals surface area contributed by atoms with Gasteiger partial charge in [-0.2, -0.15) is 0 Å². The van der Waals surface area contributed by atoms with Gasteiger partial charge in [-0.15, -0.1) is 0 Å². The monoisotopic (exact) mass is 289 g/mol. The third-order valence-corrected chi connectivity index (χ3v) is 2.66. The van der Waals surface area contributed by atoms with Crippen LogP contribution in [-0.4, -0.2) is 27.0 Å². The molecule has 21 heavy (non-hydrogen) atoms. The second-order valence-corrected chi connectivity index (χ2v) is 4.19. The molecule has 0 aliphatic carbocycles. The summed E-state index contributed by atoms with van der Waals surface area (Å²) >= 11 is 0. The SMILES string of the molecule is O=C(O)c1ccc(CNC(=O)c2cc(=O)[nH]c(=O)[nH]2)cc1. The molecule has 0 saturated heterocycles. The Morgan fingerprint density at radius 3 is 2.33 bits per heavy atom. The van der Waals surface area contributed by atoms with Crippen LogP contribution in [0, 0.1) is 0 Å². The van der Waals surface area contributed by atoms with Crippen molar-refractivity contribution in [3.8, 4) is 0 Å². The Morgan fingerprint density at radius 2 is 1.76 bits per heavy atom. The van der Waals surface area contributed by atoms with Crippen LogP contribution in [0.25, 0.3) is 0 Å². The molecule has 1 heterocycles. The molecule has 0 spiro atoms. The van der Waals surface area contributed by atoms with E-state index in [0.29, 0.717) is 5.56 Å². The van der Waals surface area contributed by atoms with Crippen LogP contribution in [0.15, 0.2) is 39.9 Å². The first kappa shape index (κ1) is 14.3. The molecule has 0 aliphatic heterocycles. The number of carboxylic acids is 1. The number of hydrogen-bond donors (Lipinski definition) is 4. The molecule has 0 fully saturated rings. The normalized spacial score (nSPS) is 10.1. The Kier molecular flexibility index (Phi) is 3.98. The molecule has 0 saturated carbocycles. The summed E-state index contributed by atoms with van der Waals surface area (Å²) in [6.45, 7) is 0.133. The van der Waals surface area contributed by atoms with Gasteiger partial charge in [-0.05, 0) is 17.7 Å². The molecular weight excluding hydrogens is 278 g/mol. The van der Waals surface area contributed by atoms with E-state index in [1.165, 1.54) is 12.1 Å². The lowest BCUT2D eigenvalue weighted by Crippen LogP contribution is -2.30. The Bertz CT molecular complexity index is 760. The predicted octanol–water partition coefficient (Wildman–Crippen LogP) is -0.309. The van der Waals surface area contributed by atoms with E-state index in [9.17, 15) is 19.2 Å². The first-order valence-electron chi connectivity index (χ1n) is 5.90. The van der Waals surface area contributed by atoms with Crippen LogP contribution in [0.3, 0.4) is 0 Å². The van der Waals surface area contributed by atoms with Crippen molar-refractivity contribution in [1.82, 2.24) is 15.3 Å². The molecule has 0 atom stereocenters. The fraction of sp³-hybridized carbons (Fsp3) is 0.0769. The van der Waals surface area contributed by atoms with Crippen molar-refractivity contribution in [3.05, 3.63) is 68.0 Å². The van der Waals surface area contributed by atoms with Crippen LogP contribution in [0.5, 0.6) is 0 Å². The number of hydrogen-bond acceptors (Lipinski definition) is 4.